The minimum absolute atomic E-state index is 0.217. The molecule has 4 nitrogen and oxygen atoms in total. The van der Waals surface area contributed by atoms with Crippen LogP contribution in [-0.2, 0) is 0 Å². The summed E-state index contributed by atoms with van der Waals surface area (Å²) >= 11 is 0. The van der Waals surface area contributed by atoms with Gasteiger partial charge in [0, 0.05) is 6.04 Å². The maximum Gasteiger partial charge on any atom is 0.154 e. The molecule has 0 saturated heterocycles. The molecule has 0 aliphatic rings. The zero-order valence-corrected chi connectivity index (χ0v) is 9.54. The van der Waals surface area contributed by atoms with Crippen LogP contribution in [-0.4, -0.2) is 14.8 Å². The lowest BCUT2D eigenvalue weighted by Gasteiger charge is -2.15. The maximum absolute atomic E-state index is 6.18. The van der Waals surface area contributed by atoms with Crippen molar-refractivity contribution in [1.82, 2.24) is 14.8 Å². The topological polar surface area (TPSA) is 56.7 Å². The molecule has 0 fully saturated rings. The van der Waals surface area contributed by atoms with E-state index >= 15 is 0 Å². The first kappa shape index (κ1) is 10.8. The third-order valence-electron chi connectivity index (χ3n) is 2.59. The van der Waals surface area contributed by atoms with Crippen LogP contribution in [0.4, 0.5) is 0 Å². The van der Waals surface area contributed by atoms with Crippen molar-refractivity contribution in [3.63, 3.8) is 0 Å². The molecule has 0 amide bonds. The van der Waals surface area contributed by atoms with E-state index in [1.165, 1.54) is 0 Å². The molecule has 1 aromatic heterocycles. The molecule has 2 rings (SSSR count). The second-order valence-corrected chi connectivity index (χ2v) is 4.08. The van der Waals surface area contributed by atoms with Gasteiger partial charge >= 0.3 is 0 Å². The number of nitrogens with zero attached hydrogens (tertiary/aromatic N) is 3. The average molecular weight is 216 g/mol. The van der Waals surface area contributed by atoms with E-state index in [0.29, 0.717) is 6.04 Å². The molecule has 84 valence electrons. The summed E-state index contributed by atoms with van der Waals surface area (Å²) in [5.41, 5.74) is 7.23. The van der Waals surface area contributed by atoms with Gasteiger partial charge in [-0.2, -0.15) is 0 Å². The Labute approximate surface area is 95.1 Å². The molecule has 1 aromatic carbocycles. The average Bonchev–Trinajstić information content (AvgIpc) is 2.78. The molecule has 2 aromatic rings. The highest BCUT2D eigenvalue weighted by molar-refractivity contribution is 5.24. The minimum Gasteiger partial charge on any atom is -0.318 e. The molecular formula is C12H16N4. The lowest BCUT2D eigenvalue weighted by molar-refractivity contribution is 0.552. The SMILES string of the molecule is CC(C)n1cnnc1[C@H](N)c1ccccc1. The van der Waals surface area contributed by atoms with E-state index in [1.54, 1.807) is 6.33 Å². The van der Waals surface area contributed by atoms with Gasteiger partial charge in [-0.25, -0.2) is 0 Å². The number of hydrogen-bond acceptors (Lipinski definition) is 3. The zero-order valence-electron chi connectivity index (χ0n) is 9.54. The molecule has 0 aliphatic carbocycles. The van der Waals surface area contributed by atoms with Crippen molar-refractivity contribution in [2.75, 3.05) is 0 Å². The zero-order chi connectivity index (χ0) is 11.5. The first-order chi connectivity index (χ1) is 7.70. The van der Waals surface area contributed by atoms with E-state index in [1.807, 2.05) is 34.9 Å². The van der Waals surface area contributed by atoms with Gasteiger partial charge in [0.2, 0.25) is 0 Å². The van der Waals surface area contributed by atoms with Gasteiger partial charge in [-0.1, -0.05) is 30.3 Å². The second kappa shape index (κ2) is 4.45. The first-order valence-electron chi connectivity index (χ1n) is 5.40. The highest BCUT2D eigenvalue weighted by Crippen LogP contribution is 2.19. The molecule has 0 spiro atoms. The van der Waals surface area contributed by atoms with Gasteiger partial charge in [-0.15, -0.1) is 10.2 Å². The highest BCUT2D eigenvalue weighted by Gasteiger charge is 2.16. The van der Waals surface area contributed by atoms with E-state index in [9.17, 15) is 0 Å². The monoisotopic (exact) mass is 216 g/mol. The molecule has 2 N–H and O–H groups in total. The fourth-order valence-electron chi connectivity index (χ4n) is 1.68. The molecule has 4 heteroatoms. The second-order valence-electron chi connectivity index (χ2n) is 4.08. The number of rotatable bonds is 3. The third-order valence-corrected chi connectivity index (χ3v) is 2.59. The third kappa shape index (κ3) is 1.97. The van der Waals surface area contributed by atoms with Crippen LogP contribution in [0.25, 0.3) is 0 Å². The van der Waals surface area contributed by atoms with Crippen LogP contribution in [0.2, 0.25) is 0 Å². The summed E-state index contributed by atoms with van der Waals surface area (Å²) < 4.78 is 2.00. The minimum atomic E-state index is -0.217. The van der Waals surface area contributed by atoms with Gasteiger partial charge in [-0.05, 0) is 19.4 Å². The van der Waals surface area contributed by atoms with E-state index in [-0.39, 0.29) is 6.04 Å². The van der Waals surface area contributed by atoms with Crippen molar-refractivity contribution in [2.45, 2.75) is 25.9 Å². The fraction of sp³-hybridized carbons (Fsp3) is 0.333. The standard InChI is InChI=1S/C12H16N4/c1-9(2)16-8-14-15-12(16)11(13)10-6-4-3-5-7-10/h3-9,11H,13H2,1-2H3/t11-/m1/s1. The van der Waals surface area contributed by atoms with Gasteiger partial charge < -0.3 is 10.3 Å². The van der Waals surface area contributed by atoms with Crippen molar-refractivity contribution in [3.8, 4) is 0 Å². The van der Waals surface area contributed by atoms with E-state index in [0.717, 1.165) is 11.4 Å². The van der Waals surface area contributed by atoms with E-state index in [4.69, 9.17) is 5.73 Å². The van der Waals surface area contributed by atoms with Crippen molar-refractivity contribution in [2.24, 2.45) is 5.73 Å². The number of aromatic nitrogens is 3. The van der Waals surface area contributed by atoms with Crippen LogP contribution >= 0.6 is 0 Å². The summed E-state index contributed by atoms with van der Waals surface area (Å²) in [5, 5.41) is 8.02. The van der Waals surface area contributed by atoms with Crippen LogP contribution in [0.5, 0.6) is 0 Å². The van der Waals surface area contributed by atoms with Gasteiger partial charge in [0.25, 0.3) is 0 Å². The Kier molecular flexibility index (Phi) is 3.01. The van der Waals surface area contributed by atoms with Crippen molar-refractivity contribution in [3.05, 3.63) is 48.0 Å². The van der Waals surface area contributed by atoms with Crippen LogP contribution in [0, 0.1) is 0 Å². The largest absolute Gasteiger partial charge is 0.318 e. The Bertz CT molecular complexity index is 447. The molecule has 1 atom stereocenters. The normalized spacial score (nSPS) is 13.0. The number of nitrogens with two attached hydrogens (primary N) is 1. The maximum atomic E-state index is 6.18. The molecular weight excluding hydrogens is 200 g/mol. The van der Waals surface area contributed by atoms with Crippen LogP contribution < -0.4 is 5.73 Å². The fourth-order valence-corrected chi connectivity index (χ4v) is 1.68. The van der Waals surface area contributed by atoms with Gasteiger partial charge in [-0.3, -0.25) is 0 Å². The number of hydrogen-bond donors (Lipinski definition) is 1. The van der Waals surface area contributed by atoms with Gasteiger partial charge in [0.05, 0.1) is 6.04 Å². The highest BCUT2D eigenvalue weighted by atomic mass is 15.3. The van der Waals surface area contributed by atoms with Crippen LogP contribution in [0.3, 0.4) is 0 Å². The van der Waals surface area contributed by atoms with Crippen LogP contribution in [0.1, 0.15) is 37.3 Å². The molecule has 0 bridgehead atoms. The van der Waals surface area contributed by atoms with Crippen molar-refractivity contribution in [1.29, 1.82) is 0 Å². The Balaban J connectivity index is 2.34. The summed E-state index contributed by atoms with van der Waals surface area (Å²) in [6.45, 7) is 4.18. The lowest BCUT2D eigenvalue weighted by Crippen LogP contribution is -2.18. The predicted octanol–water partition coefficient (Wildman–Crippen LogP) is 1.91. The Morgan fingerprint density at radius 1 is 1.19 bits per heavy atom. The Hall–Kier alpha value is -1.68. The quantitative estimate of drug-likeness (QED) is 0.852. The van der Waals surface area contributed by atoms with Crippen molar-refractivity contribution >= 4 is 0 Å². The number of benzene rings is 1. The van der Waals surface area contributed by atoms with E-state index in [2.05, 4.69) is 24.0 Å². The smallest absolute Gasteiger partial charge is 0.154 e. The Morgan fingerprint density at radius 2 is 1.88 bits per heavy atom. The lowest BCUT2D eigenvalue weighted by atomic mass is 10.1. The van der Waals surface area contributed by atoms with Crippen molar-refractivity contribution < 1.29 is 0 Å². The molecule has 0 radical (unpaired) electrons. The summed E-state index contributed by atoms with van der Waals surface area (Å²) in [6.07, 6.45) is 1.72. The molecule has 0 aliphatic heterocycles. The predicted molar refractivity (Wildman–Crippen MR) is 62.9 cm³/mol. The molecule has 0 unspecified atom stereocenters. The summed E-state index contributed by atoms with van der Waals surface area (Å²) in [6, 6.07) is 10.0. The van der Waals surface area contributed by atoms with Crippen LogP contribution in [0.15, 0.2) is 36.7 Å². The molecule has 1 heterocycles. The van der Waals surface area contributed by atoms with Gasteiger partial charge in [0.1, 0.15) is 6.33 Å². The Morgan fingerprint density at radius 3 is 2.50 bits per heavy atom. The summed E-state index contributed by atoms with van der Waals surface area (Å²) in [5.74, 6) is 0.807. The molecule has 16 heavy (non-hydrogen) atoms. The van der Waals surface area contributed by atoms with E-state index < -0.39 is 0 Å². The first-order valence-corrected chi connectivity index (χ1v) is 5.40. The summed E-state index contributed by atoms with van der Waals surface area (Å²) in [7, 11) is 0. The van der Waals surface area contributed by atoms with Gasteiger partial charge in [0.15, 0.2) is 5.82 Å². The summed E-state index contributed by atoms with van der Waals surface area (Å²) in [4.78, 5) is 0. The molecule has 0 saturated carbocycles.